The van der Waals surface area contributed by atoms with Crippen LogP contribution in [0.1, 0.15) is 18.5 Å². The third-order valence-corrected chi connectivity index (χ3v) is 4.68. The summed E-state index contributed by atoms with van der Waals surface area (Å²) in [6, 6.07) is 7.54. The number of benzene rings is 1. The van der Waals surface area contributed by atoms with Gasteiger partial charge in [-0.1, -0.05) is 17.7 Å². The van der Waals surface area contributed by atoms with Gasteiger partial charge in [-0.2, -0.15) is 0 Å². The Morgan fingerprint density at radius 2 is 1.96 bits per heavy atom. The summed E-state index contributed by atoms with van der Waals surface area (Å²) in [4.78, 5) is 6.93. The Morgan fingerprint density at radius 3 is 2.70 bits per heavy atom. The van der Waals surface area contributed by atoms with Crippen LogP contribution in [0.2, 0.25) is 5.02 Å². The van der Waals surface area contributed by atoms with E-state index in [9.17, 15) is 0 Å². The van der Waals surface area contributed by atoms with Crippen LogP contribution < -0.4 is 0 Å². The van der Waals surface area contributed by atoms with E-state index in [-0.39, 0.29) is 5.79 Å². The molecule has 0 radical (unpaired) electrons. The summed E-state index contributed by atoms with van der Waals surface area (Å²) in [6.07, 6.45) is 3.54. The second-order valence-corrected chi connectivity index (χ2v) is 6.47. The lowest BCUT2D eigenvalue weighted by molar-refractivity contribution is -0.185. The first-order valence-electron chi connectivity index (χ1n) is 7.93. The fourth-order valence-corrected chi connectivity index (χ4v) is 3.39. The molecule has 0 N–H and O–H groups in total. The van der Waals surface area contributed by atoms with Gasteiger partial charge < -0.3 is 13.9 Å². The van der Waals surface area contributed by atoms with Gasteiger partial charge >= 0.3 is 0 Å². The summed E-state index contributed by atoms with van der Waals surface area (Å²) < 4.78 is 17.1. The summed E-state index contributed by atoms with van der Waals surface area (Å²) in [5, 5.41) is 0.681. The van der Waals surface area contributed by atoms with Crippen molar-refractivity contribution in [3.63, 3.8) is 0 Å². The lowest BCUT2D eigenvalue weighted by Crippen LogP contribution is -2.44. The van der Waals surface area contributed by atoms with Crippen molar-refractivity contribution in [2.24, 2.45) is 0 Å². The summed E-state index contributed by atoms with van der Waals surface area (Å²) in [5.74, 6) is 0.283. The molecular weight excluding hydrogens is 316 g/mol. The number of aromatic nitrogens is 1. The first-order valence-corrected chi connectivity index (χ1v) is 8.31. The zero-order chi connectivity index (χ0) is 15.7. The molecule has 2 saturated heterocycles. The first-order chi connectivity index (χ1) is 11.2. The minimum atomic E-state index is -0.327. The number of hydrogen-bond acceptors (Lipinski definition) is 5. The number of likely N-dealkylation sites (tertiary alicyclic amines) is 1. The van der Waals surface area contributed by atoms with E-state index in [1.165, 1.54) is 0 Å². The predicted octanol–water partition coefficient (Wildman–Crippen LogP) is 3.33. The Hall–Kier alpha value is -1.40. The maximum Gasteiger partial charge on any atom is 0.226 e. The third-order valence-electron chi connectivity index (χ3n) is 4.44. The quantitative estimate of drug-likeness (QED) is 0.861. The van der Waals surface area contributed by atoms with Crippen LogP contribution in [0.15, 0.2) is 34.9 Å². The maximum absolute atomic E-state index is 6.02. The number of ether oxygens (including phenoxy) is 2. The highest BCUT2D eigenvalue weighted by molar-refractivity contribution is 6.30. The van der Waals surface area contributed by atoms with Crippen molar-refractivity contribution in [2.45, 2.75) is 25.2 Å². The number of hydrogen-bond donors (Lipinski definition) is 0. The summed E-state index contributed by atoms with van der Waals surface area (Å²) in [6.45, 7) is 4.09. The van der Waals surface area contributed by atoms with E-state index in [2.05, 4.69) is 9.88 Å². The topological polar surface area (TPSA) is 47.7 Å². The smallest absolute Gasteiger partial charge is 0.226 e. The van der Waals surface area contributed by atoms with Crippen molar-refractivity contribution in [3.05, 3.63) is 41.2 Å². The van der Waals surface area contributed by atoms with Gasteiger partial charge in [-0.15, -0.1) is 0 Å². The molecule has 4 rings (SSSR count). The molecule has 1 aromatic heterocycles. The predicted molar refractivity (Wildman–Crippen MR) is 86.1 cm³/mol. The Morgan fingerprint density at radius 1 is 1.17 bits per heavy atom. The number of piperidine rings is 1. The fourth-order valence-electron chi connectivity index (χ4n) is 3.20. The Balaban J connectivity index is 1.39. The molecular formula is C17H19ClN2O3. The highest BCUT2D eigenvalue weighted by atomic mass is 35.5. The Labute approximate surface area is 140 Å². The van der Waals surface area contributed by atoms with Crippen LogP contribution in [-0.4, -0.2) is 42.0 Å². The van der Waals surface area contributed by atoms with Crippen LogP contribution in [0.4, 0.5) is 0 Å². The molecule has 0 unspecified atom stereocenters. The Bertz CT molecular complexity index is 672. The van der Waals surface area contributed by atoms with E-state index in [0.29, 0.717) is 24.1 Å². The van der Waals surface area contributed by atoms with Crippen LogP contribution >= 0.6 is 11.6 Å². The van der Waals surface area contributed by atoms with Gasteiger partial charge in [0.25, 0.3) is 0 Å². The maximum atomic E-state index is 6.02. The Kier molecular flexibility index (Phi) is 4.11. The molecule has 2 aromatic rings. The molecule has 0 atom stereocenters. The summed E-state index contributed by atoms with van der Waals surface area (Å²) in [7, 11) is 0. The molecule has 3 heterocycles. The van der Waals surface area contributed by atoms with Crippen LogP contribution in [0.5, 0.6) is 0 Å². The zero-order valence-electron chi connectivity index (χ0n) is 12.8. The van der Waals surface area contributed by atoms with Crippen LogP contribution in [0.3, 0.4) is 0 Å². The van der Waals surface area contributed by atoms with E-state index in [4.69, 9.17) is 25.5 Å². The van der Waals surface area contributed by atoms with Gasteiger partial charge in [-0.05, 0) is 18.2 Å². The second-order valence-electron chi connectivity index (χ2n) is 6.04. The number of oxazole rings is 1. The van der Waals surface area contributed by atoms with Gasteiger partial charge in [-0.25, -0.2) is 4.98 Å². The largest absolute Gasteiger partial charge is 0.444 e. The molecule has 2 fully saturated rings. The lowest BCUT2D eigenvalue weighted by Gasteiger charge is -2.37. The van der Waals surface area contributed by atoms with Gasteiger partial charge in [0.2, 0.25) is 5.89 Å². The molecule has 1 spiro atoms. The van der Waals surface area contributed by atoms with Gasteiger partial charge in [0.1, 0.15) is 6.26 Å². The van der Waals surface area contributed by atoms with Crippen molar-refractivity contribution in [3.8, 4) is 11.5 Å². The number of rotatable bonds is 3. The first kappa shape index (κ1) is 15.1. The molecule has 0 aliphatic carbocycles. The summed E-state index contributed by atoms with van der Waals surface area (Å²) in [5.41, 5.74) is 1.83. The molecule has 0 saturated carbocycles. The van der Waals surface area contributed by atoms with Gasteiger partial charge in [-0.3, -0.25) is 4.90 Å². The number of halogens is 1. The molecule has 2 aliphatic rings. The standard InChI is InChI=1S/C17H19ClN2O3/c18-14-3-1-2-13(10-14)16-19-15(12-21-16)11-20-6-4-17(5-7-20)22-8-9-23-17/h1-3,10,12H,4-9,11H2. The van der Waals surface area contributed by atoms with Crippen LogP contribution in [0, 0.1) is 0 Å². The molecule has 6 heteroatoms. The molecule has 122 valence electrons. The van der Waals surface area contributed by atoms with Crippen molar-refractivity contribution in [2.75, 3.05) is 26.3 Å². The van der Waals surface area contributed by atoms with E-state index in [1.807, 2.05) is 24.3 Å². The number of nitrogens with zero attached hydrogens (tertiary/aromatic N) is 2. The van der Waals surface area contributed by atoms with Gasteiger partial charge in [0.15, 0.2) is 5.79 Å². The molecule has 1 aromatic carbocycles. The minimum absolute atomic E-state index is 0.327. The summed E-state index contributed by atoms with van der Waals surface area (Å²) >= 11 is 6.02. The van der Waals surface area contributed by atoms with Crippen molar-refractivity contribution in [1.82, 2.24) is 9.88 Å². The normalized spacial score (nSPS) is 21.1. The van der Waals surface area contributed by atoms with Gasteiger partial charge in [0, 0.05) is 43.1 Å². The average Bonchev–Trinajstić information content (AvgIpc) is 3.20. The van der Waals surface area contributed by atoms with E-state index in [0.717, 1.165) is 43.7 Å². The molecule has 5 nitrogen and oxygen atoms in total. The monoisotopic (exact) mass is 334 g/mol. The van der Waals surface area contributed by atoms with E-state index in [1.54, 1.807) is 6.26 Å². The minimum Gasteiger partial charge on any atom is -0.444 e. The van der Waals surface area contributed by atoms with Crippen LogP contribution in [-0.2, 0) is 16.0 Å². The SMILES string of the molecule is Clc1cccc(-c2nc(CN3CCC4(CC3)OCCO4)co2)c1. The van der Waals surface area contributed by atoms with E-state index < -0.39 is 0 Å². The highest BCUT2D eigenvalue weighted by Crippen LogP contribution is 2.32. The van der Waals surface area contributed by atoms with E-state index >= 15 is 0 Å². The van der Waals surface area contributed by atoms with Crippen molar-refractivity contribution >= 4 is 11.6 Å². The zero-order valence-corrected chi connectivity index (χ0v) is 13.6. The van der Waals surface area contributed by atoms with Crippen molar-refractivity contribution < 1.29 is 13.9 Å². The molecule has 0 amide bonds. The molecule has 2 aliphatic heterocycles. The second kappa shape index (κ2) is 6.24. The highest BCUT2D eigenvalue weighted by Gasteiger charge is 2.39. The van der Waals surface area contributed by atoms with Crippen molar-refractivity contribution in [1.29, 1.82) is 0 Å². The lowest BCUT2D eigenvalue weighted by atomic mass is 10.0. The fraction of sp³-hybridized carbons (Fsp3) is 0.471. The third kappa shape index (κ3) is 3.28. The van der Waals surface area contributed by atoms with Crippen LogP contribution in [0.25, 0.3) is 11.5 Å². The van der Waals surface area contributed by atoms with Gasteiger partial charge in [0.05, 0.1) is 18.9 Å². The average molecular weight is 335 g/mol. The molecule has 0 bridgehead atoms. The molecule has 23 heavy (non-hydrogen) atoms.